The van der Waals surface area contributed by atoms with E-state index >= 15 is 0 Å². The third-order valence-electron chi connectivity index (χ3n) is 5.25. The van der Waals surface area contributed by atoms with Crippen LogP contribution in [-0.2, 0) is 15.0 Å². The van der Waals surface area contributed by atoms with E-state index in [9.17, 15) is 9.59 Å². The molecule has 5 nitrogen and oxygen atoms in total. The van der Waals surface area contributed by atoms with Crippen molar-refractivity contribution in [2.24, 2.45) is 0 Å². The van der Waals surface area contributed by atoms with Crippen LogP contribution < -0.4 is 9.64 Å². The summed E-state index contributed by atoms with van der Waals surface area (Å²) in [7, 11) is 0. The highest BCUT2D eigenvalue weighted by molar-refractivity contribution is 5.98. The number of hydrogen-bond donors (Lipinski definition) is 0. The molecule has 0 spiro atoms. The lowest BCUT2D eigenvalue weighted by atomic mass is 9.86. The van der Waals surface area contributed by atoms with E-state index in [1.165, 1.54) is 12.0 Å². The van der Waals surface area contributed by atoms with Crippen LogP contribution in [0, 0.1) is 0 Å². The maximum absolute atomic E-state index is 12.4. The first kappa shape index (κ1) is 18.7. The van der Waals surface area contributed by atoms with Gasteiger partial charge in [-0.05, 0) is 48.8 Å². The third kappa shape index (κ3) is 4.19. The SMILES string of the molecule is CC(C)(C)c1ccc2c(c1)N(CCCC(=O)N1CCCCC1)C(=O)CO2. The van der Waals surface area contributed by atoms with Crippen LogP contribution in [0.1, 0.15) is 58.4 Å². The van der Waals surface area contributed by atoms with Crippen LogP contribution in [0.4, 0.5) is 5.69 Å². The molecule has 0 N–H and O–H groups in total. The van der Waals surface area contributed by atoms with Crippen molar-refractivity contribution in [1.29, 1.82) is 0 Å². The Morgan fingerprint density at radius 3 is 2.58 bits per heavy atom. The van der Waals surface area contributed by atoms with Gasteiger partial charge in [0.1, 0.15) is 5.75 Å². The predicted octanol–water partition coefficient (Wildman–Crippen LogP) is 3.50. The fraction of sp³-hybridized carbons (Fsp3) is 0.619. The van der Waals surface area contributed by atoms with Gasteiger partial charge < -0.3 is 14.5 Å². The predicted molar refractivity (Wildman–Crippen MR) is 103 cm³/mol. The van der Waals surface area contributed by atoms with Gasteiger partial charge in [0.15, 0.2) is 6.61 Å². The van der Waals surface area contributed by atoms with Gasteiger partial charge in [-0.1, -0.05) is 26.8 Å². The maximum atomic E-state index is 12.4. The molecule has 0 saturated carbocycles. The summed E-state index contributed by atoms with van der Waals surface area (Å²) in [5.41, 5.74) is 2.01. The van der Waals surface area contributed by atoms with Crippen molar-refractivity contribution in [2.45, 2.75) is 58.3 Å². The van der Waals surface area contributed by atoms with Crippen LogP contribution in [0.25, 0.3) is 0 Å². The van der Waals surface area contributed by atoms with Crippen LogP contribution in [0.3, 0.4) is 0 Å². The number of likely N-dealkylation sites (tertiary alicyclic amines) is 1. The van der Waals surface area contributed by atoms with Gasteiger partial charge in [-0.15, -0.1) is 0 Å². The van der Waals surface area contributed by atoms with E-state index in [-0.39, 0.29) is 23.8 Å². The highest BCUT2D eigenvalue weighted by Crippen LogP contribution is 2.36. The van der Waals surface area contributed by atoms with Gasteiger partial charge >= 0.3 is 0 Å². The molecule has 26 heavy (non-hydrogen) atoms. The van der Waals surface area contributed by atoms with Crippen molar-refractivity contribution in [3.63, 3.8) is 0 Å². The van der Waals surface area contributed by atoms with Crippen molar-refractivity contribution >= 4 is 17.5 Å². The molecular formula is C21H30N2O3. The van der Waals surface area contributed by atoms with E-state index in [1.54, 1.807) is 4.90 Å². The summed E-state index contributed by atoms with van der Waals surface area (Å²) in [5.74, 6) is 0.933. The topological polar surface area (TPSA) is 49.9 Å². The Kier molecular flexibility index (Phi) is 5.54. The average Bonchev–Trinajstić information content (AvgIpc) is 2.63. The molecule has 3 rings (SSSR count). The molecule has 2 amide bonds. The summed E-state index contributed by atoms with van der Waals surface area (Å²) >= 11 is 0. The van der Waals surface area contributed by atoms with Crippen LogP contribution in [0.15, 0.2) is 18.2 Å². The lowest BCUT2D eigenvalue weighted by Gasteiger charge is -2.32. The lowest BCUT2D eigenvalue weighted by Crippen LogP contribution is -2.40. The van der Waals surface area contributed by atoms with E-state index in [1.807, 2.05) is 11.0 Å². The number of piperidine rings is 1. The van der Waals surface area contributed by atoms with E-state index in [0.717, 1.165) is 37.4 Å². The average molecular weight is 358 g/mol. The molecule has 2 heterocycles. The smallest absolute Gasteiger partial charge is 0.265 e. The number of benzene rings is 1. The summed E-state index contributed by atoms with van der Waals surface area (Å²) in [6.07, 6.45) is 4.62. The lowest BCUT2D eigenvalue weighted by molar-refractivity contribution is -0.132. The third-order valence-corrected chi connectivity index (χ3v) is 5.25. The molecule has 1 saturated heterocycles. The molecule has 0 aromatic heterocycles. The Labute approximate surface area is 156 Å². The standard InChI is InChI=1S/C21H30N2O3/c1-21(2,3)16-9-10-18-17(14-16)23(20(25)15-26-18)13-7-8-19(24)22-11-5-4-6-12-22/h9-10,14H,4-8,11-13,15H2,1-3H3. The first-order chi connectivity index (χ1) is 12.4. The summed E-state index contributed by atoms with van der Waals surface area (Å²) in [5, 5.41) is 0. The second-order valence-electron chi connectivity index (χ2n) is 8.31. The number of rotatable bonds is 4. The molecular weight excluding hydrogens is 328 g/mol. The molecule has 0 bridgehead atoms. The Morgan fingerprint density at radius 1 is 1.15 bits per heavy atom. The molecule has 0 radical (unpaired) electrons. The van der Waals surface area contributed by atoms with Crippen LogP contribution in [-0.4, -0.2) is 43.0 Å². The molecule has 1 aromatic carbocycles. The quantitative estimate of drug-likeness (QED) is 0.828. The largest absolute Gasteiger partial charge is 0.482 e. The van der Waals surface area contributed by atoms with Crippen LogP contribution >= 0.6 is 0 Å². The fourth-order valence-corrected chi connectivity index (χ4v) is 3.60. The molecule has 5 heteroatoms. The fourth-order valence-electron chi connectivity index (χ4n) is 3.60. The normalized spacial score (nSPS) is 17.7. The van der Waals surface area contributed by atoms with Gasteiger partial charge in [-0.25, -0.2) is 0 Å². The number of nitrogens with zero attached hydrogens (tertiary/aromatic N) is 2. The van der Waals surface area contributed by atoms with Crippen LogP contribution in [0.2, 0.25) is 0 Å². The first-order valence-electron chi connectivity index (χ1n) is 9.72. The second kappa shape index (κ2) is 7.68. The van der Waals surface area contributed by atoms with Gasteiger partial charge in [0.2, 0.25) is 5.91 Å². The van der Waals surface area contributed by atoms with Gasteiger partial charge in [0, 0.05) is 26.1 Å². The van der Waals surface area contributed by atoms with Crippen molar-refractivity contribution < 1.29 is 14.3 Å². The van der Waals surface area contributed by atoms with Gasteiger partial charge in [0.05, 0.1) is 5.69 Å². The van der Waals surface area contributed by atoms with E-state index in [2.05, 4.69) is 32.9 Å². The van der Waals surface area contributed by atoms with E-state index in [0.29, 0.717) is 19.4 Å². The highest BCUT2D eigenvalue weighted by Gasteiger charge is 2.27. The number of ether oxygens (including phenoxy) is 1. The Balaban J connectivity index is 1.66. The zero-order valence-electron chi connectivity index (χ0n) is 16.2. The van der Waals surface area contributed by atoms with Gasteiger partial charge in [-0.2, -0.15) is 0 Å². The van der Waals surface area contributed by atoms with Crippen molar-refractivity contribution in [2.75, 3.05) is 31.1 Å². The molecule has 2 aliphatic rings. The minimum atomic E-state index is -0.0334. The number of carbonyl (C=O) groups is 2. The summed E-state index contributed by atoms with van der Waals surface area (Å²) in [6, 6.07) is 6.07. The minimum absolute atomic E-state index is 0.00538. The van der Waals surface area contributed by atoms with Gasteiger partial charge in [-0.3, -0.25) is 9.59 Å². The molecule has 1 fully saturated rings. The monoisotopic (exact) mass is 358 g/mol. The second-order valence-corrected chi connectivity index (χ2v) is 8.31. The minimum Gasteiger partial charge on any atom is -0.482 e. The maximum Gasteiger partial charge on any atom is 0.265 e. The van der Waals surface area contributed by atoms with Gasteiger partial charge in [0.25, 0.3) is 5.91 Å². The number of amides is 2. The molecule has 0 aliphatic carbocycles. The Morgan fingerprint density at radius 2 is 1.88 bits per heavy atom. The Hall–Kier alpha value is -2.04. The highest BCUT2D eigenvalue weighted by atomic mass is 16.5. The number of carbonyl (C=O) groups excluding carboxylic acids is 2. The molecule has 142 valence electrons. The summed E-state index contributed by atoms with van der Waals surface area (Å²) < 4.78 is 5.59. The molecule has 1 aromatic rings. The number of anilines is 1. The van der Waals surface area contributed by atoms with Crippen molar-refractivity contribution in [1.82, 2.24) is 4.90 Å². The summed E-state index contributed by atoms with van der Waals surface area (Å²) in [6.45, 7) is 8.86. The molecule has 0 unspecified atom stereocenters. The molecule has 0 atom stereocenters. The van der Waals surface area contributed by atoms with E-state index in [4.69, 9.17) is 4.74 Å². The number of hydrogen-bond acceptors (Lipinski definition) is 3. The number of fused-ring (bicyclic) bond motifs is 1. The Bertz CT molecular complexity index is 672. The van der Waals surface area contributed by atoms with Crippen molar-refractivity contribution in [3.8, 4) is 5.75 Å². The molecule has 2 aliphatic heterocycles. The first-order valence-corrected chi connectivity index (χ1v) is 9.72. The van der Waals surface area contributed by atoms with Crippen molar-refractivity contribution in [3.05, 3.63) is 23.8 Å². The van der Waals surface area contributed by atoms with E-state index < -0.39 is 0 Å². The zero-order valence-corrected chi connectivity index (χ0v) is 16.2. The van der Waals surface area contributed by atoms with Crippen LogP contribution in [0.5, 0.6) is 5.75 Å². The zero-order chi connectivity index (χ0) is 18.7. The summed E-state index contributed by atoms with van der Waals surface area (Å²) in [4.78, 5) is 28.5.